The Hall–Kier alpha value is -2.39. The van der Waals surface area contributed by atoms with Crippen molar-refractivity contribution in [2.24, 2.45) is 0 Å². The third-order valence-electron chi connectivity index (χ3n) is 2.68. The van der Waals surface area contributed by atoms with Crippen molar-refractivity contribution < 1.29 is 4.92 Å². The topological polar surface area (TPSA) is 43.1 Å². The third kappa shape index (κ3) is 3.80. The standard InChI is InChI=1S/C16H12ClNO2/c17-16(14-6-2-1-3-7-14)8-4-5-13-9-11-15(12-10-13)18(19)20/h1-12H/b5-4+,16-8-. The number of allylic oxidation sites excluding steroid dienone is 2. The minimum Gasteiger partial charge on any atom is -0.258 e. The van der Waals surface area contributed by atoms with Crippen LogP contribution in [0.4, 0.5) is 5.69 Å². The molecule has 0 unspecified atom stereocenters. The van der Waals surface area contributed by atoms with Crippen LogP contribution in [-0.2, 0) is 0 Å². The maximum absolute atomic E-state index is 10.5. The van der Waals surface area contributed by atoms with Gasteiger partial charge in [0, 0.05) is 17.2 Å². The lowest BCUT2D eigenvalue weighted by atomic mass is 10.1. The highest BCUT2D eigenvalue weighted by molar-refractivity contribution is 6.48. The van der Waals surface area contributed by atoms with Gasteiger partial charge in [-0.2, -0.15) is 0 Å². The summed E-state index contributed by atoms with van der Waals surface area (Å²) < 4.78 is 0. The van der Waals surface area contributed by atoms with Gasteiger partial charge in [0.15, 0.2) is 0 Å². The Morgan fingerprint density at radius 2 is 1.70 bits per heavy atom. The number of hydrogen-bond donors (Lipinski definition) is 0. The Bertz CT molecular complexity index is 646. The normalized spacial score (nSPS) is 11.8. The number of nitro groups is 1. The first-order valence-electron chi connectivity index (χ1n) is 6.00. The van der Waals surface area contributed by atoms with Gasteiger partial charge in [-0.1, -0.05) is 54.1 Å². The number of nitro benzene ring substituents is 1. The Balaban J connectivity index is 2.08. The van der Waals surface area contributed by atoms with Gasteiger partial charge in [-0.3, -0.25) is 10.1 Å². The highest BCUT2D eigenvalue weighted by Gasteiger charge is 2.01. The summed E-state index contributed by atoms with van der Waals surface area (Å²) in [6.45, 7) is 0. The molecule has 0 aromatic heterocycles. The third-order valence-corrected chi connectivity index (χ3v) is 3.03. The molecule has 100 valence electrons. The van der Waals surface area contributed by atoms with Crippen LogP contribution < -0.4 is 0 Å². The number of benzene rings is 2. The highest BCUT2D eigenvalue weighted by atomic mass is 35.5. The van der Waals surface area contributed by atoms with Crippen LogP contribution in [-0.4, -0.2) is 4.92 Å². The van der Waals surface area contributed by atoms with Gasteiger partial charge in [0.25, 0.3) is 5.69 Å². The molecular formula is C16H12ClNO2. The molecule has 0 radical (unpaired) electrons. The minimum absolute atomic E-state index is 0.0833. The summed E-state index contributed by atoms with van der Waals surface area (Å²) in [6, 6.07) is 16.0. The van der Waals surface area contributed by atoms with E-state index >= 15 is 0 Å². The van der Waals surface area contributed by atoms with Crippen LogP contribution in [0.5, 0.6) is 0 Å². The van der Waals surface area contributed by atoms with Crippen molar-refractivity contribution in [2.75, 3.05) is 0 Å². The van der Waals surface area contributed by atoms with Crippen LogP contribution in [0.3, 0.4) is 0 Å². The smallest absolute Gasteiger partial charge is 0.258 e. The molecule has 0 amide bonds. The Kier molecular flexibility index (Phi) is 4.69. The van der Waals surface area contributed by atoms with Crippen LogP contribution in [0.15, 0.2) is 66.7 Å². The van der Waals surface area contributed by atoms with Crippen molar-refractivity contribution >= 4 is 28.4 Å². The summed E-state index contributed by atoms with van der Waals surface area (Å²) in [7, 11) is 0. The molecule has 0 bridgehead atoms. The van der Waals surface area contributed by atoms with Crippen molar-refractivity contribution in [1.82, 2.24) is 0 Å². The summed E-state index contributed by atoms with van der Waals surface area (Å²) in [6.07, 6.45) is 5.45. The molecule has 0 aliphatic carbocycles. The molecule has 0 heterocycles. The summed E-state index contributed by atoms with van der Waals surface area (Å²) >= 11 is 6.16. The molecule has 2 rings (SSSR count). The van der Waals surface area contributed by atoms with Crippen LogP contribution >= 0.6 is 11.6 Å². The van der Waals surface area contributed by atoms with Gasteiger partial charge in [0.1, 0.15) is 0 Å². The quantitative estimate of drug-likeness (QED) is 0.456. The molecule has 0 N–H and O–H groups in total. The van der Waals surface area contributed by atoms with E-state index in [1.165, 1.54) is 12.1 Å². The number of non-ortho nitro benzene ring substituents is 1. The summed E-state index contributed by atoms with van der Waals surface area (Å²) in [5.41, 5.74) is 1.91. The first kappa shape index (κ1) is 14.0. The van der Waals surface area contributed by atoms with Crippen LogP contribution in [0.1, 0.15) is 11.1 Å². The lowest BCUT2D eigenvalue weighted by molar-refractivity contribution is -0.384. The van der Waals surface area contributed by atoms with Crippen molar-refractivity contribution in [1.29, 1.82) is 0 Å². The maximum atomic E-state index is 10.5. The van der Waals surface area contributed by atoms with Gasteiger partial charge < -0.3 is 0 Å². The minimum atomic E-state index is -0.417. The second-order valence-corrected chi connectivity index (χ2v) is 4.50. The van der Waals surface area contributed by atoms with Crippen LogP contribution in [0.25, 0.3) is 11.1 Å². The fraction of sp³-hybridized carbons (Fsp3) is 0. The fourth-order valence-corrected chi connectivity index (χ4v) is 1.84. The van der Waals surface area contributed by atoms with Crippen molar-refractivity contribution in [3.63, 3.8) is 0 Å². The molecule has 0 saturated heterocycles. The predicted molar refractivity (Wildman–Crippen MR) is 82.4 cm³/mol. The molecule has 4 heteroatoms. The van der Waals surface area contributed by atoms with Crippen molar-refractivity contribution in [3.8, 4) is 0 Å². The zero-order valence-electron chi connectivity index (χ0n) is 10.6. The number of nitrogens with zero attached hydrogens (tertiary/aromatic N) is 1. The molecule has 2 aromatic rings. The lowest BCUT2D eigenvalue weighted by Gasteiger charge is -1.96. The zero-order chi connectivity index (χ0) is 14.4. The zero-order valence-corrected chi connectivity index (χ0v) is 11.3. The number of rotatable bonds is 4. The molecule has 2 aromatic carbocycles. The van der Waals surface area contributed by atoms with Gasteiger partial charge in [0.05, 0.1) is 4.92 Å². The van der Waals surface area contributed by atoms with Crippen LogP contribution in [0.2, 0.25) is 0 Å². The van der Waals surface area contributed by atoms with E-state index in [1.807, 2.05) is 42.5 Å². The average molecular weight is 286 g/mol. The first-order chi connectivity index (χ1) is 9.66. The van der Waals surface area contributed by atoms with Crippen molar-refractivity contribution in [3.05, 3.63) is 88.0 Å². The fourth-order valence-electron chi connectivity index (χ4n) is 1.64. The summed E-state index contributed by atoms with van der Waals surface area (Å²) in [5.74, 6) is 0. The van der Waals surface area contributed by atoms with E-state index in [4.69, 9.17) is 11.6 Å². The highest BCUT2D eigenvalue weighted by Crippen LogP contribution is 2.18. The van der Waals surface area contributed by atoms with Gasteiger partial charge in [-0.25, -0.2) is 0 Å². The van der Waals surface area contributed by atoms with E-state index in [1.54, 1.807) is 18.2 Å². The number of halogens is 1. The summed E-state index contributed by atoms with van der Waals surface area (Å²) in [4.78, 5) is 10.1. The van der Waals surface area contributed by atoms with E-state index < -0.39 is 4.92 Å². The van der Waals surface area contributed by atoms with E-state index in [9.17, 15) is 10.1 Å². The molecule has 0 spiro atoms. The van der Waals surface area contributed by atoms with Gasteiger partial charge >= 0.3 is 0 Å². The molecule has 0 saturated carbocycles. The molecule has 0 aliphatic heterocycles. The number of hydrogen-bond acceptors (Lipinski definition) is 2. The second kappa shape index (κ2) is 6.68. The lowest BCUT2D eigenvalue weighted by Crippen LogP contribution is -1.86. The van der Waals surface area contributed by atoms with E-state index in [2.05, 4.69) is 0 Å². The van der Waals surface area contributed by atoms with Crippen molar-refractivity contribution in [2.45, 2.75) is 0 Å². The SMILES string of the molecule is O=[N+]([O-])c1ccc(/C=C/C=C(\Cl)c2ccccc2)cc1. The molecule has 20 heavy (non-hydrogen) atoms. The summed E-state index contributed by atoms with van der Waals surface area (Å²) in [5, 5.41) is 11.2. The second-order valence-electron chi connectivity index (χ2n) is 4.09. The molecule has 0 atom stereocenters. The predicted octanol–water partition coefficient (Wildman–Crippen LogP) is 4.89. The molecule has 3 nitrogen and oxygen atoms in total. The largest absolute Gasteiger partial charge is 0.269 e. The maximum Gasteiger partial charge on any atom is 0.269 e. The average Bonchev–Trinajstić information content (AvgIpc) is 2.48. The first-order valence-corrected chi connectivity index (χ1v) is 6.38. The van der Waals surface area contributed by atoms with Gasteiger partial charge in [-0.15, -0.1) is 0 Å². The van der Waals surface area contributed by atoms with E-state index in [-0.39, 0.29) is 5.69 Å². The Morgan fingerprint density at radius 1 is 1.05 bits per heavy atom. The Morgan fingerprint density at radius 3 is 2.30 bits per heavy atom. The van der Waals surface area contributed by atoms with Gasteiger partial charge in [0.2, 0.25) is 0 Å². The monoisotopic (exact) mass is 285 g/mol. The van der Waals surface area contributed by atoms with Gasteiger partial charge in [-0.05, 0) is 29.3 Å². The molecule has 0 fully saturated rings. The molecular weight excluding hydrogens is 274 g/mol. The molecule has 0 aliphatic rings. The van der Waals surface area contributed by atoms with Crippen LogP contribution in [0, 0.1) is 10.1 Å². The van der Waals surface area contributed by atoms with E-state index in [0.717, 1.165) is 11.1 Å². The van der Waals surface area contributed by atoms with E-state index in [0.29, 0.717) is 5.03 Å². The Labute approximate surface area is 122 Å².